The summed E-state index contributed by atoms with van der Waals surface area (Å²) in [5.41, 5.74) is 3.86. The fraction of sp³-hybridized carbons (Fsp3) is 0.273. The summed E-state index contributed by atoms with van der Waals surface area (Å²) in [6.07, 6.45) is 2.51. The molecule has 7 heteroatoms. The van der Waals surface area contributed by atoms with E-state index >= 15 is 0 Å². The molecule has 0 spiro atoms. The van der Waals surface area contributed by atoms with Gasteiger partial charge in [-0.05, 0) is 52.1 Å². The summed E-state index contributed by atoms with van der Waals surface area (Å²) < 4.78 is 5.17. The van der Waals surface area contributed by atoms with Crippen LogP contribution in [0.25, 0.3) is 0 Å². The molecule has 3 heterocycles. The van der Waals surface area contributed by atoms with Gasteiger partial charge in [-0.15, -0.1) is 0 Å². The number of carbonyl (C=O) groups is 2. The highest BCUT2D eigenvalue weighted by Gasteiger charge is 2.26. The van der Waals surface area contributed by atoms with Crippen LogP contribution in [0, 0.1) is 0 Å². The summed E-state index contributed by atoms with van der Waals surface area (Å²) in [5.74, 6) is -0.682. The van der Waals surface area contributed by atoms with Crippen molar-refractivity contribution in [3.8, 4) is 0 Å². The first-order valence-electron chi connectivity index (χ1n) is 9.62. The van der Waals surface area contributed by atoms with E-state index in [0.717, 1.165) is 25.1 Å². The number of benzene rings is 1. The first-order chi connectivity index (χ1) is 14.2. The summed E-state index contributed by atoms with van der Waals surface area (Å²) in [4.78, 5) is 26.8. The molecule has 0 radical (unpaired) electrons. The fourth-order valence-corrected chi connectivity index (χ4v) is 4.34. The van der Waals surface area contributed by atoms with Gasteiger partial charge in [0.25, 0.3) is 0 Å². The number of fused-ring (bicyclic) bond motifs is 1. The van der Waals surface area contributed by atoms with Crippen molar-refractivity contribution in [1.29, 1.82) is 0 Å². The van der Waals surface area contributed by atoms with Crippen LogP contribution in [-0.4, -0.2) is 29.8 Å². The summed E-state index contributed by atoms with van der Waals surface area (Å²) >= 11 is 1.64. The van der Waals surface area contributed by atoms with E-state index in [-0.39, 0.29) is 12.6 Å². The fourth-order valence-electron chi connectivity index (χ4n) is 3.64. The van der Waals surface area contributed by atoms with Gasteiger partial charge in [-0.1, -0.05) is 24.3 Å². The third-order valence-electron chi connectivity index (χ3n) is 5.19. The van der Waals surface area contributed by atoms with E-state index in [1.165, 1.54) is 17.4 Å². The predicted molar refractivity (Wildman–Crippen MR) is 111 cm³/mol. The van der Waals surface area contributed by atoms with Crippen molar-refractivity contribution < 1.29 is 14.0 Å². The van der Waals surface area contributed by atoms with Crippen LogP contribution < -0.4 is 10.6 Å². The second-order valence-electron chi connectivity index (χ2n) is 7.03. The number of furan rings is 1. The molecule has 0 saturated heterocycles. The zero-order valence-electron chi connectivity index (χ0n) is 16.0. The topological polar surface area (TPSA) is 74.6 Å². The lowest BCUT2D eigenvalue weighted by Crippen LogP contribution is -2.44. The van der Waals surface area contributed by atoms with Gasteiger partial charge in [-0.3, -0.25) is 14.5 Å². The quantitative estimate of drug-likeness (QED) is 0.614. The number of thiophene rings is 1. The number of nitrogens with zero attached hydrogens (tertiary/aromatic N) is 1. The molecule has 2 aromatic heterocycles. The highest BCUT2D eigenvalue weighted by molar-refractivity contribution is 7.08. The summed E-state index contributed by atoms with van der Waals surface area (Å²) in [7, 11) is 0. The van der Waals surface area contributed by atoms with E-state index in [1.54, 1.807) is 23.5 Å². The third-order valence-corrected chi connectivity index (χ3v) is 5.90. The Labute approximate surface area is 173 Å². The Bertz CT molecular complexity index is 954. The molecule has 0 aliphatic carbocycles. The number of rotatable bonds is 6. The standard InChI is InChI=1S/C22H23N3O3S/c26-21(23-12-19-6-3-10-28-19)22(27)24-13-20(18-8-11-29-15-18)25-9-7-16-4-1-2-5-17(16)14-25/h1-6,8,10-11,15,20H,7,9,12-14H2,(H,23,26)(H,24,27). The van der Waals surface area contributed by atoms with Gasteiger partial charge in [-0.25, -0.2) is 0 Å². The summed E-state index contributed by atoms with van der Waals surface area (Å²) in [6.45, 7) is 2.32. The van der Waals surface area contributed by atoms with Gasteiger partial charge >= 0.3 is 11.8 Å². The highest BCUT2D eigenvalue weighted by atomic mass is 32.1. The molecule has 0 bridgehead atoms. The van der Waals surface area contributed by atoms with Crippen molar-refractivity contribution in [2.75, 3.05) is 13.1 Å². The van der Waals surface area contributed by atoms with Gasteiger partial charge in [0.1, 0.15) is 5.76 Å². The van der Waals surface area contributed by atoms with E-state index in [2.05, 4.69) is 51.2 Å². The Hall–Kier alpha value is -2.90. The van der Waals surface area contributed by atoms with E-state index in [9.17, 15) is 9.59 Å². The smallest absolute Gasteiger partial charge is 0.309 e. The zero-order valence-corrected chi connectivity index (χ0v) is 16.8. The molecule has 0 fully saturated rings. The number of amides is 2. The van der Waals surface area contributed by atoms with Gasteiger partial charge in [-0.2, -0.15) is 11.3 Å². The van der Waals surface area contributed by atoms with Crippen LogP contribution in [-0.2, 0) is 29.1 Å². The molecule has 0 saturated carbocycles. The molecule has 1 atom stereocenters. The van der Waals surface area contributed by atoms with Crippen molar-refractivity contribution >= 4 is 23.2 Å². The normalized spacial score (nSPS) is 14.8. The number of hydrogen-bond donors (Lipinski definition) is 2. The second kappa shape index (κ2) is 9.07. The maximum atomic E-state index is 12.3. The number of nitrogens with one attached hydrogen (secondary N) is 2. The zero-order chi connectivity index (χ0) is 20.1. The largest absolute Gasteiger partial charge is 0.467 e. The summed E-state index contributed by atoms with van der Waals surface area (Å²) in [5, 5.41) is 9.53. The molecule has 29 heavy (non-hydrogen) atoms. The van der Waals surface area contributed by atoms with Gasteiger partial charge in [0.2, 0.25) is 0 Å². The van der Waals surface area contributed by atoms with Crippen LogP contribution in [0.3, 0.4) is 0 Å². The minimum atomic E-state index is -0.658. The van der Waals surface area contributed by atoms with Crippen LogP contribution in [0.4, 0.5) is 0 Å². The van der Waals surface area contributed by atoms with E-state index in [4.69, 9.17) is 4.42 Å². The Balaban J connectivity index is 1.38. The molecule has 1 aliphatic heterocycles. The Kier molecular flexibility index (Phi) is 6.07. The molecule has 1 unspecified atom stereocenters. The first kappa shape index (κ1) is 19.4. The van der Waals surface area contributed by atoms with Crippen molar-refractivity contribution in [1.82, 2.24) is 15.5 Å². The van der Waals surface area contributed by atoms with Crippen molar-refractivity contribution in [2.24, 2.45) is 0 Å². The van der Waals surface area contributed by atoms with Gasteiger partial charge in [0, 0.05) is 19.6 Å². The molecule has 6 nitrogen and oxygen atoms in total. The maximum Gasteiger partial charge on any atom is 0.309 e. The monoisotopic (exact) mass is 409 g/mol. The first-order valence-corrected chi connectivity index (χ1v) is 10.6. The van der Waals surface area contributed by atoms with Crippen molar-refractivity contribution in [3.05, 3.63) is 81.9 Å². The number of carbonyl (C=O) groups excluding carboxylic acids is 2. The summed E-state index contributed by atoms with van der Waals surface area (Å²) in [6, 6.07) is 14.1. The molecule has 3 aromatic rings. The lowest BCUT2D eigenvalue weighted by atomic mass is 9.97. The minimum Gasteiger partial charge on any atom is -0.467 e. The molecule has 150 valence electrons. The molecular weight excluding hydrogens is 386 g/mol. The number of hydrogen-bond acceptors (Lipinski definition) is 5. The van der Waals surface area contributed by atoms with Crippen LogP contribution in [0.1, 0.15) is 28.5 Å². The van der Waals surface area contributed by atoms with E-state index in [0.29, 0.717) is 12.3 Å². The molecule has 4 rings (SSSR count). The predicted octanol–water partition coefficient (Wildman–Crippen LogP) is 2.87. The minimum absolute atomic E-state index is 0.0245. The Morgan fingerprint density at radius 1 is 1.07 bits per heavy atom. The van der Waals surface area contributed by atoms with E-state index in [1.807, 2.05) is 5.38 Å². The molecular formula is C22H23N3O3S. The second-order valence-corrected chi connectivity index (χ2v) is 7.81. The van der Waals surface area contributed by atoms with Gasteiger partial charge in [0.05, 0.1) is 18.8 Å². The van der Waals surface area contributed by atoms with Crippen molar-refractivity contribution in [2.45, 2.75) is 25.6 Å². The molecule has 2 N–H and O–H groups in total. The van der Waals surface area contributed by atoms with Gasteiger partial charge < -0.3 is 15.1 Å². The van der Waals surface area contributed by atoms with Crippen LogP contribution in [0.15, 0.2) is 63.9 Å². The molecule has 2 amide bonds. The van der Waals surface area contributed by atoms with Crippen LogP contribution in [0.5, 0.6) is 0 Å². The van der Waals surface area contributed by atoms with Crippen LogP contribution >= 0.6 is 11.3 Å². The lowest BCUT2D eigenvalue weighted by Gasteiger charge is -2.35. The highest BCUT2D eigenvalue weighted by Crippen LogP contribution is 2.28. The average Bonchev–Trinajstić information content (AvgIpc) is 3.46. The lowest BCUT2D eigenvalue weighted by molar-refractivity contribution is -0.139. The molecule has 1 aromatic carbocycles. The third kappa shape index (κ3) is 4.75. The average molecular weight is 410 g/mol. The Morgan fingerprint density at radius 2 is 1.90 bits per heavy atom. The van der Waals surface area contributed by atoms with Crippen molar-refractivity contribution in [3.63, 3.8) is 0 Å². The SMILES string of the molecule is O=C(NCc1ccco1)C(=O)NCC(c1ccsc1)N1CCc2ccccc2C1. The van der Waals surface area contributed by atoms with Gasteiger partial charge in [0.15, 0.2) is 0 Å². The van der Waals surface area contributed by atoms with E-state index < -0.39 is 11.8 Å². The molecule has 1 aliphatic rings. The van der Waals surface area contributed by atoms with Crippen LogP contribution in [0.2, 0.25) is 0 Å². The Morgan fingerprint density at radius 3 is 2.66 bits per heavy atom. The maximum absolute atomic E-state index is 12.3.